The summed E-state index contributed by atoms with van der Waals surface area (Å²) in [4.78, 5) is 16.9. The van der Waals surface area contributed by atoms with Gasteiger partial charge in [-0.1, -0.05) is 18.2 Å². The van der Waals surface area contributed by atoms with Gasteiger partial charge in [-0.05, 0) is 43.2 Å². The van der Waals surface area contributed by atoms with E-state index in [0.29, 0.717) is 12.3 Å². The number of furan rings is 1. The Kier molecular flexibility index (Phi) is 5.09. The number of ether oxygens (including phenoxy) is 1. The number of rotatable bonds is 5. The summed E-state index contributed by atoms with van der Waals surface area (Å²) in [5.74, 6) is 2.15. The van der Waals surface area contributed by atoms with Gasteiger partial charge < -0.3 is 18.6 Å². The van der Waals surface area contributed by atoms with Crippen molar-refractivity contribution in [1.29, 1.82) is 0 Å². The van der Waals surface area contributed by atoms with Crippen molar-refractivity contribution in [2.24, 2.45) is 0 Å². The largest absolute Gasteiger partial charge is 0.496 e. The Balaban J connectivity index is 1.43. The van der Waals surface area contributed by atoms with Gasteiger partial charge >= 0.3 is 0 Å². The molecule has 0 aliphatic carbocycles. The Morgan fingerprint density at radius 3 is 2.70 bits per heavy atom. The molecule has 4 heterocycles. The van der Waals surface area contributed by atoms with Crippen LogP contribution in [0.25, 0.3) is 0 Å². The number of carbonyl (C=O) groups excluding carboxylic acids is 1. The summed E-state index contributed by atoms with van der Waals surface area (Å²) < 4.78 is 14.0. The van der Waals surface area contributed by atoms with Crippen molar-refractivity contribution in [3.63, 3.8) is 0 Å². The molecule has 2 aliphatic rings. The average Bonchev–Trinajstić information content (AvgIpc) is 3.54. The van der Waals surface area contributed by atoms with Crippen LogP contribution in [0.3, 0.4) is 0 Å². The smallest absolute Gasteiger partial charge is 0.289 e. The fourth-order valence-corrected chi connectivity index (χ4v) is 4.70. The summed E-state index contributed by atoms with van der Waals surface area (Å²) in [6.45, 7) is 4.11. The van der Waals surface area contributed by atoms with Crippen molar-refractivity contribution < 1.29 is 13.9 Å². The highest BCUT2D eigenvalue weighted by Crippen LogP contribution is 2.38. The van der Waals surface area contributed by atoms with Gasteiger partial charge in [-0.25, -0.2) is 0 Å². The lowest BCUT2D eigenvalue weighted by Gasteiger charge is -2.37. The number of benzene rings is 1. The Labute approximate surface area is 176 Å². The molecular weight excluding hydrogens is 378 g/mol. The topological polar surface area (TPSA) is 50.9 Å². The molecular formula is C24H27N3O3. The minimum atomic E-state index is 0.00699. The molecule has 2 aliphatic heterocycles. The van der Waals surface area contributed by atoms with E-state index >= 15 is 0 Å². The van der Waals surface area contributed by atoms with Crippen LogP contribution in [0.4, 0.5) is 0 Å². The van der Waals surface area contributed by atoms with Crippen molar-refractivity contribution in [3.05, 3.63) is 77.5 Å². The first-order valence-electron chi connectivity index (χ1n) is 10.6. The van der Waals surface area contributed by atoms with Crippen LogP contribution < -0.4 is 4.74 Å². The molecule has 1 fully saturated rings. The average molecular weight is 405 g/mol. The third-order valence-corrected chi connectivity index (χ3v) is 6.20. The van der Waals surface area contributed by atoms with E-state index in [-0.39, 0.29) is 11.9 Å². The minimum Gasteiger partial charge on any atom is -0.496 e. The molecule has 0 bridgehead atoms. The number of methoxy groups -OCH3 is 1. The summed E-state index contributed by atoms with van der Waals surface area (Å²) in [6, 6.07) is 16.3. The van der Waals surface area contributed by atoms with E-state index in [9.17, 15) is 4.79 Å². The minimum absolute atomic E-state index is 0.00699. The molecule has 1 amide bonds. The van der Waals surface area contributed by atoms with E-state index < -0.39 is 0 Å². The number of fused-ring (bicyclic) bond motifs is 1. The van der Waals surface area contributed by atoms with E-state index in [1.807, 2.05) is 29.2 Å². The van der Waals surface area contributed by atoms with Crippen LogP contribution in [0.5, 0.6) is 5.75 Å². The quantitative estimate of drug-likeness (QED) is 0.645. The number of amides is 1. The zero-order valence-electron chi connectivity index (χ0n) is 17.3. The zero-order chi connectivity index (χ0) is 20.5. The highest BCUT2D eigenvalue weighted by molar-refractivity contribution is 5.91. The molecule has 2 aromatic heterocycles. The van der Waals surface area contributed by atoms with Crippen LogP contribution >= 0.6 is 0 Å². The van der Waals surface area contributed by atoms with Crippen molar-refractivity contribution in [3.8, 4) is 5.75 Å². The Morgan fingerprint density at radius 1 is 1.03 bits per heavy atom. The van der Waals surface area contributed by atoms with Gasteiger partial charge in [0.25, 0.3) is 5.91 Å². The second-order valence-corrected chi connectivity index (χ2v) is 8.01. The first kappa shape index (κ1) is 19.0. The Bertz CT molecular complexity index is 1030. The lowest BCUT2D eigenvalue weighted by molar-refractivity contribution is 0.0755. The van der Waals surface area contributed by atoms with Gasteiger partial charge in [0.05, 0.1) is 19.7 Å². The Morgan fingerprint density at radius 2 is 1.87 bits per heavy atom. The number of hydrogen-bond donors (Lipinski definition) is 0. The maximum absolute atomic E-state index is 12.6. The third-order valence-electron chi connectivity index (χ3n) is 6.20. The zero-order valence-corrected chi connectivity index (χ0v) is 17.3. The molecule has 1 aromatic carbocycles. The molecule has 0 saturated carbocycles. The van der Waals surface area contributed by atoms with Crippen molar-refractivity contribution >= 4 is 5.91 Å². The number of likely N-dealkylation sites (tertiary alicyclic amines) is 1. The second-order valence-electron chi connectivity index (χ2n) is 8.01. The van der Waals surface area contributed by atoms with E-state index in [2.05, 4.69) is 39.9 Å². The van der Waals surface area contributed by atoms with E-state index in [4.69, 9.17) is 9.15 Å². The fraction of sp³-hybridized carbons (Fsp3) is 0.375. The fourth-order valence-electron chi connectivity index (χ4n) is 4.70. The first-order chi connectivity index (χ1) is 14.7. The van der Waals surface area contributed by atoms with E-state index in [1.54, 1.807) is 7.11 Å². The lowest BCUT2D eigenvalue weighted by atomic mass is 9.98. The number of hydrogen-bond acceptors (Lipinski definition) is 4. The molecule has 6 nitrogen and oxygen atoms in total. The summed E-state index contributed by atoms with van der Waals surface area (Å²) in [5.41, 5.74) is 2.38. The third kappa shape index (κ3) is 3.41. The lowest BCUT2D eigenvalue weighted by Crippen LogP contribution is -2.38. The van der Waals surface area contributed by atoms with Gasteiger partial charge in [0.15, 0.2) is 5.76 Å². The molecule has 1 saturated heterocycles. The molecule has 30 heavy (non-hydrogen) atoms. The van der Waals surface area contributed by atoms with Crippen LogP contribution in [0.2, 0.25) is 0 Å². The van der Waals surface area contributed by atoms with Gasteiger partial charge in [0.2, 0.25) is 0 Å². The number of aromatic nitrogens is 1. The van der Waals surface area contributed by atoms with Crippen molar-refractivity contribution in [2.45, 2.75) is 32.0 Å². The van der Waals surface area contributed by atoms with Crippen LogP contribution in [-0.2, 0) is 13.1 Å². The Hall–Kier alpha value is -2.99. The summed E-state index contributed by atoms with van der Waals surface area (Å²) in [6.07, 6.45) is 4.29. The van der Waals surface area contributed by atoms with Crippen LogP contribution in [0.15, 0.2) is 59.1 Å². The maximum Gasteiger partial charge on any atom is 0.289 e. The van der Waals surface area contributed by atoms with Crippen molar-refractivity contribution in [1.82, 2.24) is 14.4 Å². The van der Waals surface area contributed by atoms with Gasteiger partial charge in [0.1, 0.15) is 11.5 Å². The summed E-state index contributed by atoms with van der Waals surface area (Å²) in [7, 11) is 1.72. The van der Waals surface area contributed by atoms with Gasteiger partial charge in [-0.15, -0.1) is 0 Å². The summed E-state index contributed by atoms with van der Waals surface area (Å²) >= 11 is 0. The monoisotopic (exact) mass is 405 g/mol. The molecule has 0 N–H and O–H groups in total. The van der Waals surface area contributed by atoms with E-state index in [1.165, 1.54) is 5.69 Å². The molecule has 5 rings (SSSR count). The standard InChI is InChI=1S/C24H27N3O3/c1-29-21-9-3-2-7-19(21)23-20-8-6-14-25(20)15-16-27(23)17-18-10-11-22(30-18)24(28)26-12-4-5-13-26/h2-3,6-11,14,23H,4-5,12-13,15-17H2,1H3/t23-/m1/s1. The predicted octanol–water partition coefficient (Wildman–Crippen LogP) is 3.93. The maximum atomic E-state index is 12.6. The predicted molar refractivity (Wildman–Crippen MR) is 114 cm³/mol. The highest BCUT2D eigenvalue weighted by atomic mass is 16.5. The molecule has 3 aromatic rings. The number of para-hydroxylation sites is 1. The van der Waals surface area contributed by atoms with Crippen LogP contribution in [0, 0.1) is 0 Å². The second kappa shape index (κ2) is 8.03. The first-order valence-corrected chi connectivity index (χ1v) is 10.6. The van der Waals surface area contributed by atoms with Gasteiger partial charge in [0, 0.05) is 43.6 Å². The molecule has 6 heteroatoms. The molecule has 1 atom stereocenters. The molecule has 156 valence electrons. The van der Waals surface area contributed by atoms with Crippen molar-refractivity contribution in [2.75, 3.05) is 26.7 Å². The highest BCUT2D eigenvalue weighted by Gasteiger charge is 2.31. The van der Waals surface area contributed by atoms with Gasteiger partial charge in [-0.3, -0.25) is 9.69 Å². The molecule has 0 unspecified atom stereocenters. The van der Waals surface area contributed by atoms with Crippen LogP contribution in [-0.4, -0.2) is 47.0 Å². The number of nitrogens with zero attached hydrogens (tertiary/aromatic N) is 3. The SMILES string of the molecule is COc1ccccc1[C@@H]1c2cccn2CCN1Cc1ccc(C(=O)N2CCCC2)o1. The summed E-state index contributed by atoms with van der Waals surface area (Å²) in [5, 5.41) is 0. The van der Waals surface area contributed by atoms with Gasteiger partial charge in [-0.2, -0.15) is 0 Å². The van der Waals surface area contributed by atoms with Crippen LogP contribution in [0.1, 0.15) is 46.5 Å². The normalized spacial score (nSPS) is 19.1. The van der Waals surface area contributed by atoms with E-state index in [0.717, 1.165) is 56.1 Å². The molecule has 0 radical (unpaired) electrons. The number of carbonyl (C=O) groups is 1. The molecule has 0 spiro atoms.